The summed E-state index contributed by atoms with van der Waals surface area (Å²) in [5.41, 5.74) is 0.178. The highest BCUT2D eigenvalue weighted by atomic mass is 79.9. The Balaban J connectivity index is 2.16. The summed E-state index contributed by atoms with van der Waals surface area (Å²) in [5, 5.41) is 3.19. The van der Waals surface area contributed by atoms with Crippen molar-refractivity contribution < 1.29 is 9.53 Å². The molecular formula is C7H12BrNO2. The van der Waals surface area contributed by atoms with Crippen LogP contribution in [-0.2, 0) is 9.53 Å². The van der Waals surface area contributed by atoms with Crippen molar-refractivity contribution in [2.24, 2.45) is 5.41 Å². The number of hydrogen-bond acceptors (Lipinski definition) is 2. The van der Waals surface area contributed by atoms with E-state index in [2.05, 4.69) is 28.2 Å². The zero-order valence-corrected chi connectivity index (χ0v) is 8.11. The fourth-order valence-corrected chi connectivity index (χ4v) is 1.11. The molecule has 0 atom stereocenters. The van der Waals surface area contributed by atoms with Crippen LogP contribution in [0.4, 0.5) is 0 Å². The minimum Gasteiger partial charge on any atom is -0.380 e. The van der Waals surface area contributed by atoms with Gasteiger partial charge in [-0.25, -0.2) is 0 Å². The first-order chi connectivity index (χ1) is 5.16. The summed E-state index contributed by atoms with van der Waals surface area (Å²) >= 11 is 3.08. The van der Waals surface area contributed by atoms with Crippen molar-refractivity contribution >= 4 is 21.8 Å². The number of ether oxygens (including phenoxy) is 1. The topological polar surface area (TPSA) is 38.3 Å². The Labute approximate surface area is 74.6 Å². The van der Waals surface area contributed by atoms with Crippen LogP contribution in [0.15, 0.2) is 0 Å². The monoisotopic (exact) mass is 221 g/mol. The van der Waals surface area contributed by atoms with Crippen LogP contribution >= 0.6 is 15.9 Å². The molecule has 0 radical (unpaired) electrons. The lowest BCUT2D eigenvalue weighted by molar-refractivity contribution is -0.124. The van der Waals surface area contributed by atoms with Crippen LogP contribution in [0.5, 0.6) is 0 Å². The number of halogens is 1. The lowest BCUT2D eigenvalue weighted by Crippen LogP contribution is -2.48. The summed E-state index contributed by atoms with van der Waals surface area (Å²) in [6, 6.07) is 0. The van der Waals surface area contributed by atoms with Crippen molar-refractivity contribution in [3.05, 3.63) is 0 Å². The molecule has 1 heterocycles. The third kappa shape index (κ3) is 2.45. The second-order valence-corrected chi connectivity index (χ2v) is 3.77. The average molecular weight is 222 g/mol. The lowest BCUT2D eigenvalue weighted by Gasteiger charge is -2.37. The highest BCUT2D eigenvalue weighted by Gasteiger charge is 2.33. The number of carbonyl (C=O) groups excluding carboxylic acids is 1. The van der Waals surface area contributed by atoms with Crippen molar-refractivity contribution in [3.63, 3.8) is 0 Å². The quantitative estimate of drug-likeness (QED) is 0.707. The first kappa shape index (κ1) is 9.00. The second kappa shape index (κ2) is 3.54. The smallest absolute Gasteiger partial charge is 0.230 e. The molecular weight excluding hydrogens is 210 g/mol. The van der Waals surface area contributed by atoms with Gasteiger partial charge < -0.3 is 10.1 Å². The summed E-state index contributed by atoms with van der Waals surface area (Å²) in [6.45, 7) is 4.34. The van der Waals surface area contributed by atoms with E-state index in [0.29, 0.717) is 5.33 Å². The Morgan fingerprint density at radius 2 is 2.36 bits per heavy atom. The predicted molar refractivity (Wildman–Crippen MR) is 45.7 cm³/mol. The number of carbonyl (C=O) groups is 1. The number of amides is 1. The average Bonchev–Trinajstić information content (AvgIpc) is 1.96. The van der Waals surface area contributed by atoms with Gasteiger partial charge >= 0.3 is 0 Å². The van der Waals surface area contributed by atoms with Crippen LogP contribution in [-0.4, -0.2) is 31.0 Å². The number of hydrogen-bond donors (Lipinski definition) is 1. The fourth-order valence-electron chi connectivity index (χ4n) is 0.912. The molecule has 64 valence electrons. The maximum atomic E-state index is 10.8. The van der Waals surface area contributed by atoms with E-state index in [9.17, 15) is 4.79 Å². The van der Waals surface area contributed by atoms with Crippen molar-refractivity contribution in [1.29, 1.82) is 0 Å². The second-order valence-electron chi connectivity index (χ2n) is 3.21. The molecule has 0 bridgehead atoms. The normalized spacial score (nSPS) is 20.5. The standard InChI is InChI=1S/C7H12BrNO2/c1-7(4-11-5-7)3-9-6(10)2-8/h2-5H2,1H3,(H,9,10). The third-order valence-corrected chi connectivity index (χ3v) is 2.24. The van der Waals surface area contributed by atoms with Crippen molar-refractivity contribution in [2.45, 2.75) is 6.92 Å². The molecule has 0 unspecified atom stereocenters. The lowest BCUT2D eigenvalue weighted by atomic mass is 9.89. The summed E-state index contributed by atoms with van der Waals surface area (Å²) in [4.78, 5) is 10.8. The van der Waals surface area contributed by atoms with Gasteiger partial charge in [-0.1, -0.05) is 22.9 Å². The van der Waals surface area contributed by atoms with Crippen LogP contribution in [0.25, 0.3) is 0 Å². The fraction of sp³-hybridized carbons (Fsp3) is 0.857. The van der Waals surface area contributed by atoms with E-state index >= 15 is 0 Å². The van der Waals surface area contributed by atoms with E-state index in [1.807, 2.05) is 0 Å². The van der Waals surface area contributed by atoms with Crippen LogP contribution in [0.3, 0.4) is 0 Å². The van der Waals surface area contributed by atoms with Crippen molar-refractivity contribution in [2.75, 3.05) is 25.1 Å². The van der Waals surface area contributed by atoms with Gasteiger partial charge in [-0.15, -0.1) is 0 Å². The van der Waals surface area contributed by atoms with E-state index in [1.54, 1.807) is 0 Å². The SMILES string of the molecule is CC1(CNC(=O)CBr)COC1. The van der Waals surface area contributed by atoms with E-state index in [-0.39, 0.29) is 11.3 Å². The van der Waals surface area contributed by atoms with Gasteiger partial charge in [-0.2, -0.15) is 0 Å². The maximum absolute atomic E-state index is 10.8. The molecule has 11 heavy (non-hydrogen) atoms. The van der Waals surface area contributed by atoms with Gasteiger partial charge in [-0.3, -0.25) is 4.79 Å². The number of alkyl halides is 1. The van der Waals surface area contributed by atoms with Gasteiger partial charge in [0.15, 0.2) is 0 Å². The first-order valence-corrected chi connectivity index (χ1v) is 4.69. The Bertz CT molecular complexity index is 157. The Morgan fingerprint density at radius 1 is 1.73 bits per heavy atom. The van der Waals surface area contributed by atoms with E-state index in [1.165, 1.54) is 0 Å². The Morgan fingerprint density at radius 3 is 2.73 bits per heavy atom. The highest BCUT2D eigenvalue weighted by molar-refractivity contribution is 9.09. The molecule has 1 amide bonds. The predicted octanol–water partition coefficient (Wildman–Crippen LogP) is 0.534. The summed E-state index contributed by atoms with van der Waals surface area (Å²) < 4.78 is 5.04. The molecule has 1 N–H and O–H groups in total. The molecule has 4 heteroatoms. The minimum atomic E-state index is 0.0399. The molecule has 0 aliphatic carbocycles. The largest absolute Gasteiger partial charge is 0.380 e. The third-order valence-electron chi connectivity index (χ3n) is 1.73. The van der Waals surface area contributed by atoms with Gasteiger partial charge in [0.2, 0.25) is 5.91 Å². The molecule has 1 saturated heterocycles. The van der Waals surface area contributed by atoms with Crippen LogP contribution in [0, 0.1) is 5.41 Å². The van der Waals surface area contributed by atoms with E-state index < -0.39 is 0 Å². The summed E-state index contributed by atoms with van der Waals surface area (Å²) in [5.74, 6) is 0.0399. The van der Waals surface area contributed by atoms with Gasteiger partial charge in [0, 0.05) is 12.0 Å². The molecule has 3 nitrogen and oxygen atoms in total. The summed E-state index contributed by atoms with van der Waals surface area (Å²) in [6.07, 6.45) is 0. The van der Waals surface area contributed by atoms with Crippen LogP contribution in [0.1, 0.15) is 6.92 Å². The molecule has 1 fully saturated rings. The number of nitrogens with one attached hydrogen (secondary N) is 1. The molecule has 0 saturated carbocycles. The number of rotatable bonds is 3. The van der Waals surface area contributed by atoms with Crippen LogP contribution in [0.2, 0.25) is 0 Å². The Kier molecular flexibility index (Phi) is 2.90. The molecule has 0 aromatic rings. The summed E-state index contributed by atoms with van der Waals surface area (Å²) in [7, 11) is 0. The van der Waals surface area contributed by atoms with Gasteiger partial charge in [-0.05, 0) is 0 Å². The zero-order chi connectivity index (χ0) is 8.32. The van der Waals surface area contributed by atoms with Crippen molar-refractivity contribution in [3.8, 4) is 0 Å². The van der Waals surface area contributed by atoms with E-state index in [0.717, 1.165) is 19.8 Å². The maximum Gasteiger partial charge on any atom is 0.230 e. The molecule has 1 aliphatic rings. The molecule has 0 aromatic heterocycles. The minimum absolute atomic E-state index is 0.0399. The highest BCUT2D eigenvalue weighted by Crippen LogP contribution is 2.24. The van der Waals surface area contributed by atoms with Gasteiger partial charge in [0.1, 0.15) is 0 Å². The van der Waals surface area contributed by atoms with Crippen LogP contribution < -0.4 is 5.32 Å². The molecule has 0 spiro atoms. The van der Waals surface area contributed by atoms with Gasteiger partial charge in [0.05, 0.1) is 18.5 Å². The molecule has 1 aliphatic heterocycles. The van der Waals surface area contributed by atoms with Crippen molar-refractivity contribution in [1.82, 2.24) is 5.32 Å². The van der Waals surface area contributed by atoms with E-state index in [4.69, 9.17) is 4.74 Å². The Hall–Kier alpha value is -0.0900. The zero-order valence-electron chi connectivity index (χ0n) is 6.52. The molecule has 1 rings (SSSR count). The first-order valence-electron chi connectivity index (χ1n) is 3.57. The van der Waals surface area contributed by atoms with Gasteiger partial charge in [0.25, 0.3) is 0 Å². The molecule has 0 aromatic carbocycles.